The van der Waals surface area contributed by atoms with Gasteiger partial charge in [-0.3, -0.25) is 4.79 Å². The zero-order chi connectivity index (χ0) is 18.1. The number of hydrogen-bond donors (Lipinski definition) is 1. The first-order valence-corrected chi connectivity index (χ1v) is 8.91. The van der Waals surface area contributed by atoms with Crippen LogP contribution in [-0.2, 0) is 17.8 Å². The van der Waals surface area contributed by atoms with Crippen LogP contribution in [0.15, 0.2) is 48.5 Å². The van der Waals surface area contributed by atoms with Crippen LogP contribution in [0.3, 0.4) is 0 Å². The summed E-state index contributed by atoms with van der Waals surface area (Å²) >= 11 is 0. The zero-order valence-electron chi connectivity index (χ0n) is 15.2. The summed E-state index contributed by atoms with van der Waals surface area (Å²) in [6.07, 6.45) is 1.08. The van der Waals surface area contributed by atoms with Gasteiger partial charge in [0.2, 0.25) is 0 Å². The third-order valence-corrected chi connectivity index (χ3v) is 4.00. The number of rotatable bonds is 9. The second kappa shape index (κ2) is 9.72. The van der Waals surface area contributed by atoms with Crippen LogP contribution in [0.1, 0.15) is 38.3 Å². The van der Waals surface area contributed by atoms with Crippen LogP contribution >= 0.6 is 0 Å². The first kappa shape index (κ1) is 18.8. The number of hydrogen-bond acceptors (Lipinski definition) is 3. The molecule has 0 saturated carbocycles. The molecule has 0 aliphatic heterocycles. The first-order valence-electron chi connectivity index (χ1n) is 8.91. The van der Waals surface area contributed by atoms with Crippen molar-refractivity contribution >= 4 is 5.91 Å². The molecule has 1 unspecified atom stereocenters. The number of nitrogens with one attached hydrogen (secondary N) is 1. The van der Waals surface area contributed by atoms with Crippen LogP contribution in [0.2, 0.25) is 0 Å². The van der Waals surface area contributed by atoms with Gasteiger partial charge >= 0.3 is 0 Å². The standard InChI is InChI=1S/C21H27NO3/c1-4-16-11-13-18(14-12-16)25-19(5-2)21(23)22-15-17-9-7-8-10-20(17)24-6-3/h7-14,19H,4-6,15H2,1-3H3,(H,22,23). The topological polar surface area (TPSA) is 47.6 Å². The Balaban J connectivity index is 1.95. The van der Waals surface area contributed by atoms with Gasteiger partial charge in [-0.2, -0.15) is 0 Å². The van der Waals surface area contributed by atoms with Crippen LogP contribution < -0.4 is 14.8 Å². The maximum atomic E-state index is 12.5. The lowest BCUT2D eigenvalue weighted by atomic mass is 10.1. The van der Waals surface area contributed by atoms with Crippen molar-refractivity contribution in [2.75, 3.05) is 6.61 Å². The molecule has 0 heterocycles. The maximum Gasteiger partial charge on any atom is 0.261 e. The van der Waals surface area contributed by atoms with E-state index in [1.165, 1.54) is 5.56 Å². The normalized spacial score (nSPS) is 11.6. The van der Waals surface area contributed by atoms with Gasteiger partial charge in [-0.05, 0) is 43.5 Å². The Morgan fingerprint density at radius 3 is 2.40 bits per heavy atom. The smallest absolute Gasteiger partial charge is 0.261 e. The molecule has 2 aromatic carbocycles. The largest absolute Gasteiger partial charge is 0.494 e. The molecule has 0 saturated heterocycles. The van der Waals surface area contributed by atoms with Crippen molar-refractivity contribution in [3.05, 3.63) is 59.7 Å². The van der Waals surface area contributed by atoms with Gasteiger partial charge in [0, 0.05) is 12.1 Å². The van der Waals surface area contributed by atoms with Crippen molar-refractivity contribution in [2.45, 2.75) is 46.3 Å². The lowest BCUT2D eigenvalue weighted by Gasteiger charge is -2.18. The van der Waals surface area contributed by atoms with Crippen molar-refractivity contribution in [1.82, 2.24) is 5.32 Å². The summed E-state index contributed by atoms with van der Waals surface area (Å²) < 4.78 is 11.4. The number of aryl methyl sites for hydroxylation is 1. The molecule has 1 N–H and O–H groups in total. The predicted octanol–water partition coefficient (Wildman–Crippen LogP) is 4.12. The van der Waals surface area contributed by atoms with E-state index in [1.807, 2.05) is 62.4 Å². The Hall–Kier alpha value is -2.49. The highest BCUT2D eigenvalue weighted by Gasteiger charge is 2.18. The van der Waals surface area contributed by atoms with Gasteiger partial charge in [0.05, 0.1) is 6.61 Å². The highest BCUT2D eigenvalue weighted by molar-refractivity contribution is 5.81. The Morgan fingerprint density at radius 1 is 1.04 bits per heavy atom. The molecule has 4 nitrogen and oxygen atoms in total. The number of benzene rings is 2. The third-order valence-electron chi connectivity index (χ3n) is 4.00. The zero-order valence-corrected chi connectivity index (χ0v) is 15.2. The quantitative estimate of drug-likeness (QED) is 0.746. The Bertz CT molecular complexity index is 667. The van der Waals surface area contributed by atoms with E-state index in [1.54, 1.807) is 0 Å². The molecule has 0 aliphatic rings. The summed E-state index contributed by atoms with van der Waals surface area (Å²) in [6.45, 7) is 7.01. The van der Waals surface area contributed by atoms with Gasteiger partial charge in [-0.1, -0.05) is 44.2 Å². The second-order valence-electron chi connectivity index (χ2n) is 5.77. The van der Waals surface area contributed by atoms with E-state index >= 15 is 0 Å². The molecule has 0 aromatic heterocycles. The molecule has 1 amide bonds. The third kappa shape index (κ3) is 5.52. The lowest BCUT2D eigenvalue weighted by molar-refractivity contribution is -0.128. The highest BCUT2D eigenvalue weighted by Crippen LogP contribution is 2.18. The minimum absolute atomic E-state index is 0.117. The molecule has 134 valence electrons. The summed E-state index contributed by atoms with van der Waals surface area (Å²) in [6, 6.07) is 15.6. The van der Waals surface area contributed by atoms with Gasteiger partial charge in [0.25, 0.3) is 5.91 Å². The van der Waals surface area contributed by atoms with Crippen LogP contribution in [-0.4, -0.2) is 18.6 Å². The fourth-order valence-corrected chi connectivity index (χ4v) is 2.53. The summed E-state index contributed by atoms with van der Waals surface area (Å²) in [5, 5.41) is 2.95. The van der Waals surface area contributed by atoms with Crippen molar-refractivity contribution < 1.29 is 14.3 Å². The van der Waals surface area contributed by atoms with Crippen LogP contribution in [0.5, 0.6) is 11.5 Å². The summed E-state index contributed by atoms with van der Waals surface area (Å²) in [7, 11) is 0. The maximum absolute atomic E-state index is 12.5. The molecule has 4 heteroatoms. The minimum atomic E-state index is -0.508. The Kier molecular flexibility index (Phi) is 7.33. The molecule has 0 spiro atoms. The molecular formula is C21H27NO3. The van der Waals surface area contributed by atoms with E-state index in [-0.39, 0.29) is 5.91 Å². The van der Waals surface area contributed by atoms with E-state index < -0.39 is 6.10 Å². The molecule has 0 bridgehead atoms. The van der Waals surface area contributed by atoms with Crippen LogP contribution in [0.25, 0.3) is 0 Å². The second-order valence-corrected chi connectivity index (χ2v) is 5.77. The number of carbonyl (C=O) groups excluding carboxylic acids is 1. The van der Waals surface area contributed by atoms with Gasteiger partial charge in [0.15, 0.2) is 6.10 Å². The highest BCUT2D eigenvalue weighted by atomic mass is 16.5. The van der Waals surface area contributed by atoms with E-state index in [0.717, 1.165) is 17.7 Å². The minimum Gasteiger partial charge on any atom is -0.494 e. The summed E-state index contributed by atoms with van der Waals surface area (Å²) in [5.74, 6) is 1.40. The molecule has 0 fully saturated rings. The van der Waals surface area contributed by atoms with E-state index in [0.29, 0.717) is 25.3 Å². The van der Waals surface area contributed by atoms with Crippen molar-refractivity contribution in [2.24, 2.45) is 0 Å². The van der Waals surface area contributed by atoms with Gasteiger partial charge in [-0.15, -0.1) is 0 Å². The van der Waals surface area contributed by atoms with E-state index in [9.17, 15) is 4.79 Å². The monoisotopic (exact) mass is 341 g/mol. The summed E-state index contributed by atoms with van der Waals surface area (Å²) in [5.41, 5.74) is 2.21. The van der Waals surface area contributed by atoms with Gasteiger partial charge in [-0.25, -0.2) is 0 Å². The SMILES string of the molecule is CCOc1ccccc1CNC(=O)C(CC)Oc1ccc(CC)cc1. The first-order chi connectivity index (χ1) is 12.2. The molecule has 2 aromatic rings. The van der Waals surface area contributed by atoms with Crippen molar-refractivity contribution in [1.29, 1.82) is 0 Å². The fourth-order valence-electron chi connectivity index (χ4n) is 2.53. The number of amides is 1. The van der Waals surface area contributed by atoms with Crippen molar-refractivity contribution in [3.63, 3.8) is 0 Å². The summed E-state index contributed by atoms with van der Waals surface area (Å²) in [4.78, 5) is 12.5. The van der Waals surface area contributed by atoms with E-state index in [4.69, 9.17) is 9.47 Å². The number of carbonyl (C=O) groups is 1. The molecule has 2 rings (SSSR count). The van der Waals surface area contributed by atoms with Gasteiger partial charge in [0.1, 0.15) is 11.5 Å². The molecule has 1 atom stereocenters. The predicted molar refractivity (Wildman–Crippen MR) is 100.0 cm³/mol. The Morgan fingerprint density at radius 2 is 1.76 bits per heavy atom. The number of ether oxygens (including phenoxy) is 2. The Labute approximate surface area is 150 Å². The van der Waals surface area contributed by atoms with Crippen LogP contribution in [0, 0.1) is 0 Å². The van der Waals surface area contributed by atoms with Crippen molar-refractivity contribution in [3.8, 4) is 11.5 Å². The number of para-hydroxylation sites is 1. The van der Waals surface area contributed by atoms with E-state index in [2.05, 4.69) is 12.2 Å². The molecule has 25 heavy (non-hydrogen) atoms. The average molecular weight is 341 g/mol. The lowest BCUT2D eigenvalue weighted by Crippen LogP contribution is -2.37. The average Bonchev–Trinajstić information content (AvgIpc) is 2.66. The fraction of sp³-hybridized carbons (Fsp3) is 0.381. The van der Waals surface area contributed by atoms with Crippen LogP contribution in [0.4, 0.5) is 0 Å². The van der Waals surface area contributed by atoms with Gasteiger partial charge < -0.3 is 14.8 Å². The molecular weight excluding hydrogens is 314 g/mol. The molecule has 0 aliphatic carbocycles. The molecule has 0 radical (unpaired) electrons.